The smallest absolute Gasteiger partial charge is 0.410 e. The molecule has 2 fully saturated rings. The van der Waals surface area contributed by atoms with Gasteiger partial charge < -0.3 is 14.4 Å². The summed E-state index contributed by atoms with van der Waals surface area (Å²) in [5, 5.41) is 13.9. The molecule has 0 N–H and O–H groups in total. The van der Waals surface area contributed by atoms with E-state index in [1.54, 1.807) is 21.8 Å². The molecule has 5 rings (SSSR count). The molecule has 1 atom stereocenters. The molecule has 2 aliphatic rings. The quantitative estimate of drug-likeness (QED) is 0.361. The Bertz CT molecular complexity index is 1480. The van der Waals surface area contributed by atoms with E-state index >= 15 is 0 Å². The fourth-order valence-electron chi connectivity index (χ4n) is 5.63. The van der Waals surface area contributed by atoms with E-state index in [0.29, 0.717) is 37.3 Å². The van der Waals surface area contributed by atoms with Crippen molar-refractivity contribution in [3.05, 3.63) is 42.4 Å². The number of piperidine rings is 1. The lowest BCUT2D eigenvalue weighted by atomic mass is 9.74. The fourth-order valence-corrected chi connectivity index (χ4v) is 5.63. The highest BCUT2D eigenvalue weighted by Crippen LogP contribution is 2.38. The lowest BCUT2D eigenvalue weighted by molar-refractivity contribution is -0.130. The van der Waals surface area contributed by atoms with Crippen molar-refractivity contribution in [3.63, 3.8) is 0 Å². The zero-order valence-electron chi connectivity index (χ0n) is 25.0. The number of Topliss-reactive ketones (excluding diaryl/α,β-unsaturated/α-hetero) is 1. The highest BCUT2D eigenvalue weighted by atomic mass is 32.1. The lowest BCUT2D eigenvalue weighted by Crippen LogP contribution is -2.57. The van der Waals surface area contributed by atoms with Crippen molar-refractivity contribution in [1.29, 1.82) is 5.26 Å². The summed E-state index contributed by atoms with van der Waals surface area (Å²) in [4.78, 5) is 34.2. The van der Waals surface area contributed by atoms with Gasteiger partial charge in [0.1, 0.15) is 23.2 Å². The number of likely N-dealkylation sites (tertiary alicyclic amines) is 1. The zero-order chi connectivity index (χ0) is 29.4. The molecule has 0 bridgehead atoms. The lowest BCUT2D eigenvalue weighted by Gasteiger charge is -2.44. The molecule has 42 heavy (non-hydrogen) atoms. The summed E-state index contributed by atoms with van der Waals surface area (Å²) >= 11 is 0. The zero-order valence-corrected chi connectivity index (χ0v) is 26.0. The van der Waals surface area contributed by atoms with Gasteiger partial charge in [-0.3, -0.25) is 9.69 Å². The number of amides is 1. The maximum Gasteiger partial charge on any atom is 0.410 e. The van der Waals surface area contributed by atoms with Crippen LogP contribution in [0.3, 0.4) is 0 Å². The third-order valence-electron chi connectivity index (χ3n) is 7.99. The number of ether oxygens (including phenoxy) is 2. The number of carbonyl (C=O) groups is 2. The predicted octanol–water partition coefficient (Wildman–Crippen LogP) is 5.35. The Morgan fingerprint density at radius 3 is 2.48 bits per heavy atom. The summed E-state index contributed by atoms with van der Waals surface area (Å²) in [6, 6.07) is 7.79. The van der Waals surface area contributed by atoms with E-state index in [2.05, 4.69) is 23.0 Å². The van der Waals surface area contributed by atoms with Gasteiger partial charge in [0.25, 0.3) is 0 Å². The first kappa shape index (κ1) is 31.2. The summed E-state index contributed by atoms with van der Waals surface area (Å²) in [5.41, 5.74) is 2.23. The van der Waals surface area contributed by atoms with Crippen LogP contribution in [0.25, 0.3) is 16.6 Å². The summed E-state index contributed by atoms with van der Waals surface area (Å²) < 4.78 is 12.9. The van der Waals surface area contributed by atoms with Gasteiger partial charge in [-0.05, 0) is 70.6 Å². The number of carbonyl (C=O) groups excluding carboxylic acids is 2. The predicted molar refractivity (Wildman–Crippen MR) is 165 cm³/mol. The average molecular weight is 593 g/mol. The van der Waals surface area contributed by atoms with Gasteiger partial charge in [-0.2, -0.15) is 23.9 Å². The molecule has 0 unspecified atom stereocenters. The van der Waals surface area contributed by atoms with Crippen LogP contribution in [0.15, 0.2) is 36.8 Å². The summed E-state index contributed by atoms with van der Waals surface area (Å²) in [6.07, 6.45) is 7.64. The van der Waals surface area contributed by atoms with E-state index < -0.39 is 11.7 Å². The third kappa shape index (κ3) is 6.49. The van der Waals surface area contributed by atoms with Gasteiger partial charge in [0.2, 0.25) is 0 Å². The van der Waals surface area contributed by atoms with Crippen molar-refractivity contribution in [2.75, 3.05) is 31.1 Å². The van der Waals surface area contributed by atoms with Crippen LogP contribution in [0.1, 0.15) is 65.9 Å². The van der Waals surface area contributed by atoms with Crippen molar-refractivity contribution in [2.45, 2.75) is 71.9 Å². The molecule has 10 nitrogen and oxygen atoms in total. The minimum absolute atomic E-state index is 0. The van der Waals surface area contributed by atoms with Gasteiger partial charge in [0.15, 0.2) is 5.78 Å². The molecule has 224 valence electrons. The molecular weight excluding hydrogens is 552 g/mol. The molecule has 5 heterocycles. The van der Waals surface area contributed by atoms with Gasteiger partial charge >= 0.3 is 6.09 Å². The van der Waals surface area contributed by atoms with Gasteiger partial charge in [0.05, 0.1) is 36.1 Å². The third-order valence-corrected chi connectivity index (χ3v) is 7.99. The number of ketones is 1. The second-order valence-electron chi connectivity index (χ2n) is 12.3. The summed E-state index contributed by atoms with van der Waals surface area (Å²) in [7, 11) is 0. The van der Waals surface area contributed by atoms with Crippen LogP contribution in [0, 0.1) is 16.7 Å². The van der Waals surface area contributed by atoms with Gasteiger partial charge in [-0.1, -0.05) is 6.92 Å². The number of rotatable bonds is 7. The SMILES string of the molecule is CCOc1cc(-c2ccc(N3CCC(C)(CC(=O)[C@@H]4CCN4C(=O)OC(C)(C)C)CC3)nc2)c2c(C#N)cnn2c1.S. The van der Waals surface area contributed by atoms with Crippen LogP contribution in [0.5, 0.6) is 5.75 Å². The fraction of sp³-hybridized carbons (Fsp3) is 0.516. The number of aromatic nitrogens is 3. The highest BCUT2D eigenvalue weighted by Gasteiger charge is 2.42. The highest BCUT2D eigenvalue weighted by molar-refractivity contribution is 7.59. The Kier molecular flexibility index (Phi) is 9.06. The largest absolute Gasteiger partial charge is 0.492 e. The van der Waals surface area contributed by atoms with Crippen molar-refractivity contribution in [1.82, 2.24) is 19.5 Å². The van der Waals surface area contributed by atoms with Gasteiger partial charge in [-0.25, -0.2) is 14.3 Å². The number of nitrogens with zero attached hydrogens (tertiary/aromatic N) is 6. The molecule has 0 spiro atoms. The maximum atomic E-state index is 13.2. The number of anilines is 1. The molecule has 3 aromatic rings. The van der Waals surface area contributed by atoms with Crippen molar-refractivity contribution in [3.8, 4) is 22.9 Å². The van der Waals surface area contributed by atoms with Crippen LogP contribution in [-0.4, -0.2) is 69.3 Å². The molecule has 3 aromatic heterocycles. The number of nitriles is 1. The Morgan fingerprint density at radius 2 is 1.90 bits per heavy atom. The molecular formula is C31H40N6O4S. The van der Waals surface area contributed by atoms with Crippen LogP contribution in [0.4, 0.5) is 10.6 Å². The normalized spacial score (nSPS) is 18.0. The molecule has 2 saturated heterocycles. The van der Waals surface area contributed by atoms with E-state index in [0.717, 1.165) is 48.4 Å². The Labute approximate surface area is 254 Å². The van der Waals surface area contributed by atoms with Crippen molar-refractivity contribution >= 4 is 36.7 Å². The minimum Gasteiger partial charge on any atom is -0.492 e. The Balaban J connectivity index is 0.00000405. The number of pyridine rings is 2. The van der Waals surface area contributed by atoms with Crippen molar-refractivity contribution < 1.29 is 19.1 Å². The first-order chi connectivity index (χ1) is 19.5. The van der Waals surface area contributed by atoms with Crippen LogP contribution >= 0.6 is 13.5 Å². The van der Waals surface area contributed by atoms with E-state index in [-0.39, 0.29) is 30.7 Å². The number of hydrogen-bond acceptors (Lipinski definition) is 8. The van der Waals surface area contributed by atoms with Crippen LogP contribution in [0.2, 0.25) is 0 Å². The molecule has 11 heteroatoms. The number of hydrogen-bond donors (Lipinski definition) is 0. The molecule has 1 amide bonds. The monoisotopic (exact) mass is 592 g/mol. The Hall–Kier alpha value is -3.78. The van der Waals surface area contributed by atoms with E-state index in [1.165, 1.54) is 0 Å². The molecule has 0 aromatic carbocycles. The first-order valence-corrected chi connectivity index (χ1v) is 14.3. The standard InChI is InChI=1S/C31H38N6O4.H2S/c1-6-40-23-15-24(28-22(17-32)19-34-37(28)20-23)21-7-8-27(33-18-21)35-13-10-31(5,11-14-35)16-26(38)25-9-12-36(25)29(39)41-30(2,3)4;/h7-8,15,18-20,25H,6,9-14,16H2,1-5H3;1H2/t25-;/m0./s1. The van der Waals surface area contributed by atoms with Crippen LogP contribution < -0.4 is 9.64 Å². The second-order valence-corrected chi connectivity index (χ2v) is 12.3. The minimum atomic E-state index is -0.579. The van der Waals surface area contributed by atoms with Gasteiger partial charge in [0, 0.05) is 43.4 Å². The van der Waals surface area contributed by atoms with Crippen molar-refractivity contribution in [2.24, 2.45) is 5.41 Å². The second kappa shape index (κ2) is 12.2. The topological polar surface area (TPSA) is 113 Å². The summed E-state index contributed by atoms with van der Waals surface area (Å²) in [5.74, 6) is 1.67. The molecule has 2 aliphatic heterocycles. The molecule has 0 saturated carbocycles. The van der Waals surface area contributed by atoms with E-state index in [4.69, 9.17) is 14.5 Å². The Morgan fingerprint density at radius 1 is 1.17 bits per heavy atom. The van der Waals surface area contributed by atoms with E-state index in [9.17, 15) is 14.9 Å². The van der Waals surface area contributed by atoms with Gasteiger partial charge in [-0.15, -0.1) is 0 Å². The maximum absolute atomic E-state index is 13.2. The number of fused-ring (bicyclic) bond motifs is 1. The average Bonchev–Trinajstić information content (AvgIpc) is 3.30. The molecule has 0 radical (unpaired) electrons. The van der Waals surface area contributed by atoms with Crippen LogP contribution in [-0.2, 0) is 9.53 Å². The summed E-state index contributed by atoms with van der Waals surface area (Å²) in [6.45, 7) is 12.3. The first-order valence-electron chi connectivity index (χ1n) is 14.3. The molecule has 0 aliphatic carbocycles. The van der Waals surface area contributed by atoms with E-state index in [1.807, 2.05) is 52.1 Å².